The van der Waals surface area contributed by atoms with E-state index >= 15 is 0 Å². The van der Waals surface area contributed by atoms with E-state index in [4.69, 9.17) is 9.26 Å². The van der Waals surface area contributed by atoms with Crippen LogP contribution >= 0.6 is 0 Å². The molecule has 3 N–H and O–H groups in total. The molecule has 0 spiro atoms. The zero-order chi connectivity index (χ0) is 21.3. The second-order valence-corrected chi connectivity index (χ2v) is 8.04. The van der Waals surface area contributed by atoms with Crippen LogP contribution in [0.4, 0.5) is 4.79 Å². The van der Waals surface area contributed by atoms with E-state index in [2.05, 4.69) is 46.9 Å². The Balaban J connectivity index is 2.64. The first kappa shape index (κ1) is 23.8. The summed E-state index contributed by atoms with van der Waals surface area (Å²) in [5, 5.41) is 13.6. The van der Waals surface area contributed by atoms with Crippen LogP contribution in [0.2, 0.25) is 0 Å². The smallest absolute Gasteiger partial charge is 0.407 e. The van der Waals surface area contributed by atoms with Crippen LogP contribution in [-0.2, 0) is 24.1 Å². The number of hydrogen-bond donors (Lipinski definition) is 3. The molecule has 1 heterocycles. The van der Waals surface area contributed by atoms with Crippen LogP contribution in [0.15, 0.2) is 9.52 Å². The molecule has 0 aromatic carbocycles. The first-order valence-electron chi connectivity index (χ1n) is 10.0. The molecule has 8 heteroatoms. The van der Waals surface area contributed by atoms with Crippen LogP contribution in [0.25, 0.3) is 0 Å². The van der Waals surface area contributed by atoms with Gasteiger partial charge in [-0.1, -0.05) is 32.9 Å². The van der Waals surface area contributed by atoms with Crippen molar-refractivity contribution < 1.29 is 14.1 Å². The van der Waals surface area contributed by atoms with Crippen LogP contribution in [0.1, 0.15) is 65.5 Å². The van der Waals surface area contributed by atoms with Gasteiger partial charge in [-0.2, -0.15) is 0 Å². The lowest BCUT2D eigenvalue weighted by atomic mass is 10.0. The molecule has 1 atom stereocenters. The van der Waals surface area contributed by atoms with Crippen LogP contribution < -0.4 is 16.0 Å². The number of amides is 1. The fourth-order valence-corrected chi connectivity index (χ4v) is 2.65. The van der Waals surface area contributed by atoms with E-state index in [1.165, 1.54) is 0 Å². The molecule has 160 valence electrons. The van der Waals surface area contributed by atoms with Gasteiger partial charge in [-0.25, -0.2) is 4.79 Å². The summed E-state index contributed by atoms with van der Waals surface area (Å²) in [4.78, 5) is 16.4. The molecule has 0 radical (unpaired) electrons. The fourth-order valence-electron chi connectivity index (χ4n) is 2.65. The number of alkyl carbamates (subject to hydrolysis) is 1. The highest BCUT2D eigenvalue weighted by atomic mass is 16.6. The van der Waals surface area contributed by atoms with Crippen LogP contribution in [0.5, 0.6) is 0 Å². The molecule has 0 bridgehead atoms. The van der Waals surface area contributed by atoms with E-state index in [1.54, 1.807) is 7.05 Å². The molecule has 1 unspecified atom stereocenters. The van der Waals surface area contributed by atoms with Gasteiger partial charge in [-0.05, 0) is 33.1 Å². The number of nitrogens with one attached hydrogen (secondary N) is 3. The lowest BCUT2D eigenvalue weighted by Gasteiger charge is -2.26. The van der Waals surface area contributed by atoms with Crippen molar-refractivity contribution in [1.82, 2.24) is 21.1 Å². The van der Waals surface area contributed by atoms with E-state index in [9.17, 15) is 4.79 Å². The summed E-state index contributed by atoms with van der Waals surface area (Å²) in [5.41, 5.74) is 1.52. The topological polar surface area (TPSA) is 101 Å². The highest BCUT2D eigenvalue weighted by Gasteiger charge is 2.22. The van der Waals surface area contributed by atoms with Gasteiger partial charge in [0.25, 0.3) is 0 Å². The minimum atomic E-state index is -0.525. The molecule has 28 heavy (non-hydrogen) atoms. The standard InChI is InChI=1S/C20H37N5O3/c1-9-15-14(17(10-2)28-25-15)11-22-18(21-8)23-12-16(13(3)4)24-19(26)27-20(5,6)7/h13,16H,9-12H2,1-8H3,(H,24,26)(H2,21,22,23). The number of aryl methyl sites for hydroxylation is 2. The summed E-state index contributed by atoms with van der Waals surface area (Å²) in [6, 6.07) is -0.0959. The van der Waals surface area contributed by atoms with E-state index in [-0.39, 0.29) is 12.0 Å². The number of guanidine groups is 1. The van der Waals surface area contributed by atoms with Gasteiger partial charge in [-0.15, -0.1) is 0 Å². The van der Waals surface area contributed by atoms with Crippen molar-refractivity contribution in [3.8, 4) is 0 Å². The van der Waals surface area contributed by atoms with Crippen LogP contribution in [0.3, 0.4) is 0 Å². The lowest BCUT2D eigenvalue weighted by molar-refractivity contribution is 0.0491. The average molecular weight is 396 g/mol. The van der Waals surface area contributed by atoms with E-state index < -0.39 is 11.7 Å². The Morgan fingerprint density at radius 3 is 2.39 bits per heavy atom. The highest BCUT2D eigenvalue weighted by Crippen LogP contribution is 2.15. The molecule has 0 aliphatic carbocycles. The number of aromatic nitrogens is 1. The fraction of sp³-hybridized carbons (Fsp3) is 0.750. The summed E-state index contributed by atoms with van der Waals surface area (Å²) >= 11 is 0. The summed E-state index contributed by atoms with van der Waals surface area (Å²) in [5.74, 6) is 1.78. The summed E-state index contributed by atoms with van der Waals surface area (Å²) in [6.07, 6.45) is 1.20. The predicted octanol–water partition coefficient (Wildman–Crippen LogP) is 3.01. The second kappa shape index (κ2) is 10.9. The number of nitrogens with zero attached hydrogens (tertiary/aromatic N) is 2. The second-order valence-electron chi connectivity index (χ2n) is 8.04. The van der Waals surface area contributed by atoms with Gasteiger partial charge in [0.2, 0.25) is 0 Å². The predicted molar refractivity (Wildman–Crippen MR) is 111 cm³/mol. The number of ether oxygens (including phenoxy) is 1. The van der Waals surface area contributed by atoms with Gasteiger partial charge in [0.15, 0.2) is 5.96 Å². The minimum Gasteiger partial charge on any atom is -0.444 e. The van der Waals surface area contributed by atoms with Gasteiger partial charge in [0.05, 0.1) is 11.7 Å². The van der Waals surface area contributed by atoms with Crippen molar-refractivity contribution in [2.24, 2.45) is 10.9 Å². The van der Waals surface area contributed by atoms with Crippen molar-refractivity contribution in [2.75, 3.05) is 13.6 Å². The Morgan fingerprint density at radius 1 is 1.21 bits per heavy atom. The van der Waals surface area contributed by atoms with Gasteiger partial charge in [0, 0.05) is 32.1 Å². The Morgan fingerprint density at radius 2 is 1.89 bits per heavy atom. The molecular formula is C20H37N5O3. The normalized spacial score (nSPS) is 13.4. The van der Waals surface area contributed by atoms with Crippen molar-refractivity contribution in [1.29, 1.82) is 0 Å². The molecule has 8 nitrogen and oxygen atoms in total. The number of carbonyl (C=O) groups is 1. The SMILES string of the molecule is CCc1noc(CC)c1CNC(=NC)NCC(NC(=O)OC(C)(C)C)C(C)C. The molecule has 0 saturated heterocycles. The molecule has 0 aliphatic rings. The highest BCUT2D eigenvalue weighted by molar-refractivity contribution is 5.79. The van der Waals surface area contributed by atoms with Gasteiger partial charge >= 0.3 is 6.09 Å². The first-order valence-corrected chi connectivity index (χ1v) is 10.0. The van der Waals surface area contributed by atoms with E-state index in [0.29, 0.717) is 19.0 Å². The van der Waals surface area contributed by atoms with Crippen molar-refractivity contribution >= 4 is 12.1 Å². The third kappa shape index (κ3) is 7.78. The molecular weight excluding hydrogens is 358 g/mol. The monoisotopic (exact) mass is 395 g/mol. The molecule has 1 aromatic heterocycles. The Kier molecular flexibility index (Phi) is 9.28. The maximum absolute atomic E-state index is 12.1. The third-order valence-corrected chi connectivity index (χ3v) is 4.26. The van der Waals surface area contributed by atoms with E-state index in [1.807, 2.05) is 27.7 Å². The van der Waals surface area contributed by atoms with Crippen molar-refractivity contribution in [2.45, 2.75) is 79.5 Å². The molecule has 1 amide bonds. The zero-order valence-electron chi connectivity index (χ0n) is 18.6. The number of hydrogen-bond acceptors (Lipinski definition) is 5. The van der Waals surface area contributed by atoms with E-state index in [0.717, 1.165) is 29.9 Å². The maximum Gasteiger partial charge on any atom is 0.407 e. The van der Waals surface area contributed by atoms with Gasteiger partial charge in [-0.3, -0.25) is 4.99 Å². The Hall–Kier alpha value is -2.25. The summed E-state index contributed by atoms with van der Waals surface area (Å²) < 4.78 is 10.8. The average Bonchev–Trinajstić information content (AvgIpc) is 3.00. The number of aliphatic imine (C=N–C) groups is 1. The Bertz CT molecular complexity index is 625. The zero-order valence-corrected chi connectivity index (χ0v) is 18.6. The summed E-state index contributed by atoms with van der Waals surface area (Å²) in [6.45, 7) is 14.9. The molecule has 0 aliphatic heterocycles. The lowest BCUT2D eigenvalue weighted by Crippen LogP contribution is -2.50. The summed E-state index contributed by atoms with van der Waals surface area (Å²) in [7, 11) is 1.72. The maximum atomic E-state index is 12.1. The van der Waals surface area contributed by atoms with Crippen molar-refractivity contribution in [3.05, 3.63) is 17.0 Å². The Labute approximate surface area is 168 Å². The molecule has 0 fully saturated rings. The van der Waals surface area contributed by atoms with Crippen LogP contribution in [-0.4, -0.2) is 42.4 Å². The largest absolute Gasteiger partial charge is 0.444 e. The van der Waals surface area contributed by atoms with Gasteiger partial charge < -0.3 is 25.2 Å². The first-order chi connectivity index (χ1) is 13.1. The number of rotatable bonds is 8. The molecule has 1 aromatic rings. The van der Waals surface area contributed by atoms with Crippen LogP contribution in [0, 0.1) is 5.92 Å². The molecule has 1 rings (SSSR count). The quantitative estimate of drug-likeness (QED) is 0.462. The molecule has 0 saturated carbocycles. The van der Waals surface area contributed by atoms with Crippen molar-refractivity contribution in [3.63, 3.8) is 0 Å². The third-order valence-electron chi connectivity index (χ3n) is 4.26. The number of carbonyl (C=O) groups excluding carboxylic acids is 1. The van der Waals surface area contributed by atoms with Gasteiger partial charge in [0.1, 0.15) is 11.4 Å². The minimum absolute atomic E-state index is 0.0959.